The number of hydrogen-bond acceptors (Lipinski definition) is 5. The van der Waals surface area contributed by atoms with Crippen LogP contribution in [0.25, 0.3) is 0 Å². The second-order valence-corrected chi connectivity index (χ2v) is 5.79. The van der Waals surface area contributed by atoms with Crippen molar-refractivity contribution in [1.82, 2.24) is 20.1 Å². The number of anilines is 1. The van der Waals surface area contributed by atoms with E-state index in [1.165, 1.54) is 0 Å². The maximum absolute atomic E-state index is 11.9. The predicted molar refractivity (Wildman–Crippen MR) is 90.0 cm³/mol. The molecule has 2 heterocycles. The van der Waals surface area contributed by atoms with Crippen LogP contribution in [0.15, 0.2) is 36.8 Å². The van der Waals surface area contributed by atoms with Crippen LogP contribution in [0.4, 0.5) is 5.82 Å². The molecule has 0 aliphatic carbocycles. The van der Waals surface area contributed by atoms with Gasteiger partial charge in [-0.3, -0.25) is 19.3 Å². The van der Waals surface area contributed by atoms with E-state index in [0.29, 0.717) is 12.4 Å². The van der Waals surface area contributed by atoms with Crippen molar-refractivity contribution in [2.24, 2.45) is 11.7 Å². The summed E-state index contributed by atoms with van der Waals surface area (Å²) in [6.07, 6.45) is 5.20. The highest BCUT2D eigenvalue weighted by Crippen LogP contribution is 2.05. The third-order valence-electron chi connectivity index (χ3n) is 3.45. The van der Waals surface area contributed by atoms with Crippen LogP contribution in [-0.4, -0.2) is 39.2 Å². The van der Waals surface area contributed by atoms with Gasteiger partial charge in [-0.25, -0.2) is 0 Å². The molecule has 24 heavy (non-hydrogen) atoms. The van der Waals surface area contributed by atoms with Gasteiger partial charge in [0.1, 0.15) is 0 Å². The van der Waals surface area contributed by atoms with E-state index in [0.717, 1.165) is 5.56 Å². The molecule has 0 unspecified atom stereocenters. The maximum atomic E-state index is 11.9. The summed E-state index contributed by atoms with van der Waals surface area (Å²) in [4.78, 5) is 27.5. The standard InChI is InChI=1S/C16H22N6O2/c1-11(2)15(17)16(24)19-9-14(23)20-13-5-8-22(21-13)10-12-3-6-18-7-4-12/h3-8,11,15H,9-10,17H2,1-2H3,(H,19,24)(H,20,21,23)/t15-/m0/s1. The van der Waals surface area contributed by atoms with E-state index < -0.39 is 6.04 Å². The Morgan fingerprint density at radius 2 is 1.96 bits per heavy atom. The van der Waals surface area contributed by atoms with Gasteiger partial charge in [0.15, 0.2) is 5.82 Å². The highest BCUT2D eigenvalue weighted by molar-refractivity contribution is 5.94. The summed E-state index contributed by atoms with van der Waals surface area (Å²) >= 11 is 0. The minimum Gasteiger partial charge on any atom is -0.346 e. The largest absolute Gasteiger partial charge is 0.346 e. The van der Waals surface area contributed by atoms with Gasteiger partial charge in [-0.05, 0) is 23.6 Å². The molecular weight excluding hydrogens is 308 g/mol. The Kier molecular flexibility index (Phi) is 6.02. The number of rotatable bonds is 7. The van der Waals surface area contributed by atoms with Crippen molar-refractivity contribution in [3.8, 4) is 0 Å². The molecule has 0 aliphatic rings. The minimum absolute atomic E-state index is 0.0111. The molecule has 2 aromatic rings. The Morgan fingerprint density at radius 3 is 2.62 bits per heavy atom. The van der Waals surface area contributed by atoms with E-state index in [-0.39, 0.29) is 24.3 Å². The smallest absolute Gasteiger partial charge is 0.244 e. The van der Waals surface area contributed by atoms with Crippen LogP contribution in [0.3, 0.4) is 0 Å². The van der Waals surface area contributed by atoms with Crippen LogP contribution in [0.5, 0.6) is 0 Å². The van der Waals surface area contributed by atoms with Crippen molar-refractivity contribution in [3.05, 3.63) is 42.4 Å². The summed E-state index contributed by atoms with van der Waals surface area (Å²) in [5.74, 6) is -0.259. The van der Waals surface area contributed by atoms with Crippen molar-refractivity contribution in [2.75, 3.05) is 11.9 Å². The second-order valence-electron chi connectivity index (χ2n) is 5.79. The topological polar surface area (TPSA) is 115 Å². The molecule has 8 nitrogen and oxygen atoms in total. The monoisotopic (exact) mass is 330 g/mol. The molecule has 0 aliphatic heterocycles. The van der Waals surface area contributed by atoms with Gasteiger partial charge in [-0.2, -0.15) is 5.10 Å². The summed E-state index contributed by atoms with van der Waals surface area (Å²) in [6, 6.07) is 4.86. The van der Waals surface area contributed by atoms with Gasteiger partial charge >= 0.3 is 0 Å². The third-order valence-corrected chi connectivity index (χ3v) is 3.45. The van der Waals surface area contributed by atoms with Gasteiger partial charge in [0, 0.05) is 24.7 Å². The summed E-state index contributed by atoms with van der Waals surface area (Å²) < 4.78 is 1.71. The maximum Gasteiger partial charge on any atom is 0.244 e. The fraction of sp³-hybridized carbons (Fsp3) is 0.375. The highest BCUT2D eigenvalue weighted by atomic mass is 16.2. The average molecular weight is 330 g/mol. The van der Waals surface area contributed by atoms with Gasteiger partial charge in [0.2, 0.25) is 11.8 Å². The molecular formula is C16H22N6O2. The van der Waals surface area contributed by atoms with Gasteiger partial charge in [-0.15, -0.1) is 0 Å². The quantitative estimate of drug-likeness (QED) is 0.678. The normalized spacial score (nSPS) is 12.0. The lowest BCUT2D eigenvalue weighted by atomic mass is 10.1. The van der Waals surface area contributed by atoms with Crippen LogP contribution in [0, 0.1) is 5.92 Å². The Balaban J connectivity index is 1.81. The van der Waals surface area contributed by atoms with Gasteiger partial charge in [0.25, 0.3) is 0 Å². The van der Waals surface area contributed by atoms with Gasteiger partial charge in [0.05, 0.1) is 19.1 Å². The Hall–Kier alpha value is -2.74. The zero-order valence-corrected chi connectivity index (χ0v) is 13.8. The van der Waals surface area contributed by atoms with E-state index in [1.54, 1.807) is 29.3 Å². The first kappa shape index (κ1) is 17.6. The Labute approximate surface area is 140 Å². The highest BCUT2D eigenvalue weighted by Gasteiger charge is 2.17. The molecule has 0 spiro atoms. The zero-order chi connectivity index (χ0) is 17.5. The molecule has 1 atom stereocenters. The first-order chi connectivity index (χ1) is 11.5. The van der Waals surface area contributed by atoms with E-state index in [4.69, 9.17) is 5.73 Å². The number of aromatic nitrogens is 3. The van der Waals surface area contributed by atoms with Gasteiger partial charge in [-0.1, -0.05) is 13.8 Å². The van der Waals surface area contributed by atoms with E-state index >= 15 is 0 Å². The molecule has 8 heteroatoms. The summed E-state index contributed by atoms with van der Waals surface area (Å²) in [5.41, 5.74) is 6.77. The Bertz CT molecular complexity index is 683. The number of pyridine rings is 1. The van der Waals surface area contributed by atoms with E-state index in [2.05, 4.69) is 20.7 Å². The molecule has 0 saturated carbocycles. The van der Waals surface area contributed by atoms with Crippen LogP contribution in [0.2, 0.25) is 0 Å². The summed E-state index contributed by atoms with van der Waals surface area (Å²) in [6.45, 7) is 4.13. The molecule has 0 radical (unpaired) electrons. The fourth-order valence-corrected chi connectivity index (χ4v) is 1.97. The minimum atomic E-state index is -0.627. The van der Waals surface area contributed by atoms with Crippen molar-refractivity contribution in [1.29, 1.82) is 0 Å². The first-order valence-electron chi connectivity index (χ1n) is 7.71. The van der Waals surface area contributed by atoms with Crippen LogP contribution >= 0.6 is 0 Å². The van der Waals surface area contributed by atoms with Crippen LogP contribution < -0.4 is 16.4 Å². The number of hydrogen-bond donors (Lipinski definition) is 3. The average Bonchev–Trinajstić information content (AvgIpc) is 2.99. The molecule has 128 valence electrons. The SMILES string of the molecule is CC(C)[C@H](N)C(=O)NCC(=O)Nc1ccn(Cc2ccncc2)n1. The lowest BCUT2D eigenvalue weighted by Gasteiger charge is -2.14. The van der Waals surface area contributed by atoms with Crippen molar-refractivity contribution < 1.29 is 9.59 Å². The summed E-state index contributed by atoms with van der Waals surface area (Å²) in [7, 11) is 0. The lowest BCUT2D eigenvalue weighted by molar-refractivity contribution is -0.125. The number of nitrogens with zero attached hydrogens (tertiary/aromatic N) is 3. The van der Waals surface area contributed by atoms with Crippen molar-refractivity contribution >= 4 is 17.6 Å². The third kappa shape index (κ3) is 5.17. The summed E-state index contributed by atoms with van der Waals surface area (Å²) in [5, 5.41) is 9.41. The predicted octanol–water partition coefficient (Wildman–Crippen LogP) is 0.364. The number of carbonyl (C=O) groups is 2. The van der Waals surface area contributed by atoms with Crippen molar-refractivity contribution in [2.45, 2.75) is 26.4 Å². The van der Waals surface area contributed by atoms with Crippen molar-refractivity contribution in [3.63, 3.8) is 0 Å². The molecule has 4 N–H and O–H groups in total. The molecule has 0 bridgehead atoms. The number of amides is 2. The number of nitrogens with one attached hydrogen (secondary N) is 2. The van der Waals surface area contributed by atoms with E-state index in [9.17, 15) is 9.59 Å². The van der Waals surface area contributed by atoms with Gasteiger partial charge < -0.3 is 16.4 Å². The molecule has 0 aromatic carbocycles. The Morgan fingerprint density at radius 1 is 1.25 bits per heavy atom. The number of carbonyl (C=O) groups excluding carboxylic acids is 2. The van der Waals surface area contributed by atoms with Crippen LogP contribution in [-0.2, 0) is 16.1 Å². The molecule has 2 amide bonds. The second kappa shape index (κ2) is 8.21. The molecule has 0 saturated heterocycles. The lowest BCUT2D eigenvalue weighted by Crippen LogP contribution is -2.46. The number of nitrogens with two attached hydrogens (primary N) is 1. The fourth-order valence-electron chi connectivity index (χ4n) is 1.97. The molecule has 0 fully saturated rings. The zero-order valence-electron chi connectivity index (χ0n) is 13.8. The first-order valence-corrected chi connectivity index (χ1v) is 7.71. The van der Waals surface area contributed by atoms with Crippen LogP contribution in [0.1, 0.15) is 19.4 Å². The molecule has 2 rings (SSSR count). The molecule has 2 aromatic heterocycles. The van der Waals surface area contributed by atoms with E-state index in [1.807, 2.05) is 26.0 Å².